The molecule has 0 atom stereocenters. The van der Waals surface area contributed by atoms with Crippen LogP contribution in [0.2, 0.25) is 0 Å². The number of rotatable bonds is 4. The number of thiophene rings is 1. The maximum Gasteiger partial charge on any atom is 0.418 e. The monoisotopic (exact) mass is 276 g/mol. The lowest BCUT2D eigenvalue weighted by Crippen LogP contribution is -2.17. The number of anilines is 1. The zero-order valence-corrected chi connectivity index (χ0v) is 11.8. The number of nitrogens with one attached hydrogen (secondary N) is 1. The number of aromatic nitrogens is 1. The number of nitrogens with zero attached hydrogens (tertiary/aromatic N) is 1. The van der Waals surface area contributed by atoms with Crippen LogP contribution in [0.3, 0.4) is 0 Å². The van der Waals surface area contributed by atoms with E-state index in [1.165, 1.54) is 4.88 Å². The molecule has 0 bridgehead atoms. The van der Waals surface area contributed by atoms with E-state index in [9.17, 15) is 4.79 Å². The molecule has 0 fully saturated rings. The van der Waals surface area contributed by atoms with Gasteiger partial charge in [-0.3, -0.25) is 5.32 Å². The van der Waals surface area contributed by atoms with Crippen molar-refractivity contribution in [3.8, 4) is 5.75 Å². The molecule has 4 nitrogen and oxygen atoms in total. The Kier molecular flexibility index (Phi) is 4.52. The molecule has 0 radical (unpaired) electrons. The summed E-state index contributed by atoms with van der Waals surface area (Å²) in [6.45, 7) is 4.06. The predicted molar refractivity (Wildman–Crippen MR) is 76.9 cm³/mol. The Bertz CT molecular complexity index is 566. The van der Waals surface area contributed by atoms with Crippen molar-refractivity contribution >= 4 is 23.2 Å². The fraction of sp³-hybridized carbons (Fsp3) is 0.286. The van der Waals surface area contributed by atoms with Crippen molar-refractivity contribution in [2.45, 2.75) is 26.7 Å². The van der Waals surface area contributed by atoms with Crippen LogP contribution in [0.15, 0.2) is 29.8 Å². The second kappa shape index (κ2) is 6.33. The van der Waals surface area contributed by atoms with Gasteiger partial charge in [-0.1, -0.05) is 13.3 Å². The molecule has 1 amide bonds. The topological polar surface area (TPSA) is 51.2 Å². The van der Waals surface area contributed by atoms with Gasteiger partial charge in [0.1, 0.15) is 11.6 Å². The summed E-state index contributed by atoms with van der Waals surface area (Å²) >= 11 is 1.60. The molecule has 0 saturated heterocycles. The zero-order valence-electron chi connectivity index (χ0n) is 11.0. The largest absolute Gasteiger partial charge is 0.418 e. The van der Waals surface area contributed by atoms with E-state index in [-0.39, 0.29) is 0 Å². The first-order chi connectivity index (χ1) is 9.17. The van der Waals surface area contributed by atoms with Crippen molar-refractivity contribution in [1.82, 2.24) is 4.98 Å². The minimum atomic E-state index is -0.515. The SMILES string of the molecule is CCCc1cc(OC(=O)Nc2cc(C)ccn2)cs1. The predicted octanol–water partition coefficient (Wildman–Crippen LogP) is 4.01. The van der Waals surface area contributed by atoms with E-state index in [2.05, 4.69) is 17.2 Å². The molecule has 2 heterocycles. The van der Waals surface area contributed by atoms with E-state index in [0.29, 0.717) is 11.6 Å². The Morgan fingerprint density at radius 1 is 1.47 bits per heavy atom. The van der Waals surface area contributed by atoms with E-state index in [0.717, 1.165) is 18.4 Å². The highest BCUT2D eigenvalue weighted by molar-refractivity contribution is 7.10. The average molecular weight is 276 g/mol. The Hall–Kier alpha value is -1.88. The number of carbonyl (C=O) groups is 1. The first kappa shape index (κ1) is 13.5. The maximum atomic E-state index is 11.7. The highest BCUT2D eigenvalue weighted by Gasteiger charge is 2.08. The minimum Gasteiger partial charge on any atom is -0.409 e. The summed E-state index contributed by atoms with van der Waals surface area (Å²) in [5, 5.41) is 4.45. The van der Waals surface area contributed by atoms with Gasteiger partial charge in [-0.15, -0.1) is 11.3 Å². The molecule has 0 saturated carbocycles. The van der Waals surface area contributed by atoms with Crippen LogP contribution in [-0.4, -0.2) is 11.1 Å². The molecular formula is C14H16N2O2S. The van der Waals surface area contributed by atoms with Gasteiger partial charge in [0.05, 0.1) is 0 Å². The lowest BCUT2D eigenvalue weighted by atomic mass is 10.3. The normalized spacial score (nSPS) is 10.2. The molecule has 0 aliphatic rings. The Morgan fingerprint density at radius 3 is 3.05 bits per heavy atom. The van der Waals surface area contributed by atoms with E-state index in [4.69, 9.17) is 4.74 Å². The minimum absolute atomic E-state index is 0.494. The molecule has 5 heteroatoms. The molecule has 2 rings (SSSR count). The van der Waals surface area contributed by atoms with Gasteiger partial charge in [-0.05, 0) is 37.1 Å². The number of carbonyl (C=O) groups excluding carboxylic acids is 1. The molecule has 0 aliphatic heterocycles. The van der Waals surface area contributed by atoms with Gasteiger partial charge in [0.2, 0.25) is 0 Å². The van der Waals surface area contributed by atoms with Crippen molar-refractivity contribution < 1.29 is 9.53 Å². The third-order valence-corrected chi connectivity index (χ3v) is 3.46. The number of aryl methyl sites for hydroxylation is 2. The first-order valence-electron chi connectivity index (χ1n) is 6.16. The molecule has 0 aliphatic carbocycles. The van der Waals surface area contributed by atoms with E-state index >= 15 is 0 Å². The number of ether oxygens (including phenoxy) is 1. The summed E-state index contributed by atoms with van der Waals surface area (Å²) in [6, 6.07) is 5.56. The summed E-state index contributed by atoms with van der Waals surface area (Å²) in [4.78, 5) is 17.0. The molecule has 0 spiro atoms. The molecule has 19 heavy (non-hydrogen) atoms. The van der Waals surface area contributed by atoms with Gasteiger partial charge in [-0.2, -0.15) is 0 Å². The second-order valence-corrected chi connectivity index (χ2v) is 5.23. The summed E-state index contributed by atoms with van der Waals surface area (Å²) in [7, 11) is 0. The molecule has 0 aromatic carbocycles. The van der Waals surface area contributed by atoms with Gasteiger partial charge >= 0.3 is 6.09 Å². The number of hydrogen-bond donors (Lipinski definition) is 1. The second-order valence-electron chi connectivity index (χ2n) is 4.23. The first-order valence-corrected chi connectivity index (χ1v) is 7.04. The van der Waals surface area contributed by atoms with Crippen LogP contribution in [-0.2, 0) is 6.42 Å². The van der Waals surface area contributed by atoms with E-state index in [1.807, 2.05) is 24.4 Å². The van der Waals surface area contributed by atoms with Crippen molar-refractivity contribution in [3.05, 3.63) is 40.2 Å². The summed E-state index contributed by atoms with van der Waals surface area (Å²) < 4.78 is 5.21. The fourth-order valence-corrected chi connectivity index (χ4v) is 2.52. The third-order valence-electron chi connectivity index (χ3n) is 2.48. The van der Waals surface area contributed by atoms with Crippen LogP contribution in [0, 0.1) is 6.92 Å². The van der Waals surface area contributed by atoms with Crippen molar-refractivity contribution in [1.29, 1.82) is 0 Å². The van der Waals surface area contributed by atoms with E-state index in [1.54, 1.807) is 23.6 Å². The Balaban J connectivity index is 1.93. The quantitative estimate of drug-likeness (QED) is 0.917. The number of hydrogen-bond acceptors (Lipinski definition) is 4. The Labute approximate surface area is 116 Å². The van der Waals surface area contributed by atoms with Crippen molar-refractivity contribution in [3.63, 3.8) is 0 Å². The van der Waals surface area contributed by atoms with Crippen LogP contribution >= 0.6 is 11.3 Å². The van der Waals surface area contributed by atoms with Gasteiger partial charge in [-0.25, -0.2) is 9.78 Å². The Morgan fingerprint density at radius 2 is 2.32 bits per heavy atom. The van der Waals surface area contributed by atoms with Gasteiger partial charge in [0.15, 0.2) is 0 Å². The third kappa shape index (κ3) is 4.06. The van der Waals surface area contributed by atoms with Crippen LogP contribution < -0.4 is 10.1 Å². The molecule has 0 unspecified atom stereocenters. The zero-order chi connectivity index (χ0) is 13.7. The van der Waals surface area contributed by atoms with Crippen molar-refractivity contribution in [2.75, 3.05) is 5.32 Å². The highest BCUT2D eigenvalue weighted by Crippen LogP contribution is 2.23. The van der Waals surface area contributed by atoms with Crippen LogP contribution in [0.1, 0.15) is 23.8 Å². The van der Waals surface area contributed by atoms with Crippen LogP contribution in [0.25, 0.3) is 0 Å². The maximum absolute atomic E-state index is 11.7. The molecule has 2 aromatic rings. The molecule has 1 N–H and O–H groups in total. The van der Waals surface area contributed by atoms with Gasteiger partial charge < -0.3 is 4.74 Å². The van der Waals surface area contributed by atoms with Crippen LogP contribution in [0.5, 0.6) is 5.75 Å². The van der Waals surface area contributed by atoms with E-state index < -0.39 is 6.09 Å². The molecular weight excluding hydrogens is 260 g/mol. The summed E-state index contributed by atoms with van der Waals surface area (Å²) in [5.41, 5.74) is 1.03. The average Bonchev–Trinajstić information content (AvgIpc) is 2.77. The molecule has 2 aromatic heterocycles. The lowest BCUT2D eigenvalue weighted by Gasteiger charge is -2.04. The smallest absolute Gasteiger partial charge is 0.409 e. The lowest BCUT2D eigenvalue weighted by molar-refractivity contribution is 0.215. The van der Waals surface area contributed by atoms with Gasteiger partial charge in [0, 0.05) is 16.5 Å². The van der Waals surface area contributed by atoms with Crippen LogP contribution in [0.4, 0.5) is 10.6 Å². The highest BCUT2D eigenvalue weighted by atomic mass is 32.1. The van der Waals surface area contributed by atoms with Crippen molar-refractivity contribution in [2.24, 2.45) is 0 Å². The number of pyridine rings is 1. The summed E-state index contributed by atoms with van der Waals surface area (Å²) in [5.74, 6) is 1.08. The standard InChI is InChI=1S/C14H16N2O2S/c1-3-4-12-8-11(9-19-12)18-14(17)16-13-7-10(2)5-6-15-13/h5-9H,3-4H2,1-2H3,(H,15,16,17). The summed E-state index contributed by atoms with van der Waals surface area (Å²) in [6.07, 6.45) is 3.22. The fourth-order valence-electron chi connectivity index (χ4n) is 1.63. The molecule has 100 valence electrons. The number of amides is 1. The van der Waals surface area contributed by atoms with Gasteiger partial charge in [0.25, 0.3) is 0 Å².